The average molecular weight is 250 g/mol. The Labute approximate surface area is 98.2 Å². The number of hydrogen-bond acceptors (Lipinski definition) is 4. The van der Waals surface area contributed by atoms with E-state index in [9.17, 15) is 8.42 Å². The molecule has 0 aromatic rings. The summed E-state index contributed by atoms with van der Waals surface area (Å²) in [4.78, 5) is 0. The molecule has 0 aromatic heterocycles. The molecule has 0 radical (unpaired) electrons. The lowest BCUT2D eigenvalue weighted by Crippen LogP contribution is -2.39. The molecule has 1 heterocycles. The molecule has 0 spiro atoms. The summed E-state index contributed by atoms with van der Waals surface area (Å²) < 4.78 is 30.8. The molecule has 1 unspecified atom stereocenters. The van der Waals surface area contributed by atoms with Crippen molar-refractivity contribution in [2.24, 2.45) is 0 Å². The van der Waals surface area contributed by atoms with Gasteiger partial charge in [-0.25, -0.2) is 12.7 Å². The summed E-state index contributed by atoms with van der Waals surface area (Å²) in [6, 6.07) is 0. The average Bonchev–Trinajstić information content (AvgIpc) is 2.69. The maximum Gasteiger partial charge on any atom is 0.218 e. The van der Waals surface area contributed by atoms with Crippen LogP contribution in [-0.2, 0) is 14.8 Å². The second-order valence-corrected chi connectivity index (χ2v) is 6.72. The van der Waals surface area contributed by atoms with Gasteiger partial charge in [0.2, 0.25) is 10.0 Å². The summed E-state index contributed by atoms with van der Waals surface area (Å²) in [5, 5.41) is 2.80. The Morgan fingerprint density at radius 1 is 1.50 bits per heavy atom. The van der Waals surface area contributed by atoms with Crippen molar-refractivity contribution in [2.45, 2.75) is 31.6 Å². The predicted octanol–water partition coefficient (Wildman–Crippen LogP) is 0.0349. The van der Waals surface area contributed by atoms with Crippen molar-refractivity contribution in [3.63, 3.8) is 0 Å². The van der Waals surface area contributed by atoms with Gasteiger partial charge in [-0.3, -0.25) is 0 Å². The van der Waals surface area contributed by atoms with Gasteiger partial charge in [0.05, 0.1) is 18.0 Å². The zero-order valence-electron chi connectivity index (χ0n) is 10.3. The van der Waals surface area contributed by atoms with Crippen LogP contribution in [0.25, 0.3) is 0 Å². The zero-order chi connectivity index (χ0) is 12.2. The molecule has 0 bridgehead atoms. The van der Waals surface area contributed by atoms with Crippen molar-refractivity contribution >= 4 is 10.0 Å². The van der Waals surface area contributed by atoms with Crippen LogP contribution in [0.1, 0.15) is 20.3 Å². The minimum absolute atomic E-state index is 0.143. The number of rotatable bonds is 6. The van der Waals surface area contributed by atoms with Crippen LogP contribution < -0.4 is 5.32 Å². The quantitative estimate of drug-likeness (QED) is 0.723. The summed E-state index contributed by atoms with van der Waals surface area (Å²) >= 11 is 0. The first-order valence-electron chi connectivity index (χ1n) is 5.72. The number of sulfonamides is 1. The lowest BCUT2D eigenvalue weighted by atomic mass is 10.4. The van der Waals surface area contributed by atoms with Crippen LogP contribution in [0.2, 0.25) is 0 Å². The molecule has 1 rings (SSSR count). The maximum absolute atomic E-state index is 12.0. The third-order valence-electron chi connectivity index (χ3n) is 2.73. The fraction of sp³-hybridized carbons (Fsp3) is 1.00. The lowest BCUT2D eigenvalue weighted by molar-refractivity contribution is 0.0736. The van der Waals surface area contributed by atoms with Crippen LogP contribution in [0.3, 0.4) is 0 Å². The molecular formula is C10H22N2O3S. The van der Waals surface area contributed by atoms with Crippen molar-refractivity contribution < 1.29 is 13.2 Å². The van der Waals surface area contributed by atoms with Gasteiger partial charge in [0.1, 0.15) is 0 Å². The van der Waals surface area contributed by atoms with Crippen LogP contribution in [0.5, 0.6) is 0 Å². The Hall–Kier alpha value is -0.170. The molecule has 16 heavy (non-hydrogen) atoms. The molecule has 0 saturated carbocycles. The minimum atomic E-state index is -3.15. The number of nitrogens with one attached hydrogen (secondary N) is 1. The molecule has 6 heteroatoms. The third-order valence-corrected chi connectivity index (χ3v) is 5.02. The van der Waals surface area contributed by atoms with Gasteiger partial charge in [-0.05, 0) is 26.8 Å². The highest BCUT2D eigenvalue weighted by atomic mass is 32.2. The molecule has 1 saturated heterocycles. The first-order chi connectivity index (χ1) is 7.44. The van der Waals surface area contributed by atoms with Crippen molar-refractivity contribution in [1.29, 1.82) is 0 Å². The first-order valence-corrected chi connectivity index (χ1v) is 7.22. The highest BCUT2D eigenvalue weighted by Crippen LogP contribution is 2.13. The van der Waals surface area contributed by atoms with Gasteiger partial charge < -0.3 is 10.1 Å². The molecule has 1 fully saturated rings. The predicted molar refractivity (Wildman–Crippen MR) is 63.9 cm³/mol. The van der Waals surface area contributed by atoms with Gasteiger partial charge in [0, 0.05) is 20.1 Å². The highest BCUT2D eigenvalue weighted by Gasteiger charge is 2.31. The van der Waals surface area contributed by atoms with E-state index in [-0.39, 0.29) is 11.4 Å². The van der Waals surface area contributed by atoms with Crippen molar-refractivity contribution in [3.05, 3.63) is 0 Å². The van der Waals surface area contributed by atoms with Crippen LogP contribution >= 0.6 is 0 Å². The second kappa shape index (κ2) is 5.95. The number of nitrogens with zero attached hydrogens (tertiary/aromatic N) is 1. The number of ether oxygens (including phenoxy) is 1. The monoisotopic (exact) mass is 250 g/mol. The van der Waals surface area contributed by atoms with E-state index in [1.807, 2.05) is 13.8 Å². The van der Waals surface area contributed by atoms with E-state index < -0.39 is 10.0 Å². The molecule has 1 aliphatic rings. The van der Waals surface area contributed by atoms with Crippen molar-refractivity contribution in [2.75, 3.05) is 33.3 Å². The third kappa shape index (κ3) is 3.69. The van der Waals surface area contributed by atoms with Crippen LogP contribution in [0, 0.1) is 0 Å². The van der Waals surface area contributed by atoms with Gasteiger partial charge in [-0.15, -0.1) is 0 Å². The number of likely N-dealkylation sites (N-methyl/N-ethyl adjacent to an activating group) is 1. The summed E-state index contributed by atoms with van der Waals surface area (Å²) in [5.41, 5.74) is 0. The Morgan fingerprint density at radius 2 is 2.19 bits per heavy atom. The van der Waals surface area contributed by atoms with E-state index >= 15 is 0 Å². The van der Waals surface area contributed by atoms with E-state index in [0.29, 0.717) is 26.1 Å². The summed E-state index contributed by atoms with van der Waals surface area (Å²) in [7, 11) is -1.52. The SMILES string of the molecule is CC(C)OCCN(C)S(=O)(=O)C1CCNC1. The normalized spacial score (nSPS) is 22.2. The Balaban J connectivity index is 2.42. The van der Waals surface area contributed by atoms with Gasteiger partial charge >= 0.3 is 0 Å². The topological polar surface area (TPSA) is 58.6 Å². The van der Waals surface area contributed by atoms with Crippen LogP contribution in [0.4, 0.5) is 0 Å². The van der Waals surface area contributed by atoms with E-state index in [1.54, 1.807) is 7.05 Å². The largest absolute Gasteiger partial charge is 0.377 e. The van der Waals surface area contributed by atoms with Crippen LogP contribution in [0.15, 0.2) is 0 Å². The fourth-order valence-corrected chi connectivity index (χ4v) is 3.26. The van der Waals surface area contributed by atoms with E-state index in [1.165, 1.54) is 4.31 Å². The summed E-state index contributed by atoms with van der Waals surface area (Å²) in [6.45, 7) is 6.12. The molecule has 0 amide bonds. The molecule has 5 nitrogen and oxygen atoms in total. The van der Waals surface area contributed by atoms with Crippen LogP contribution in [-0.4, -0.2) is 57.4 Å². The highest BCUT2D eigenvalue weighted by molar-refractivity contribution is 7.89. The van der Waals surface area contributed by atoms with Gasteiger partial charge in [-0.1, -0.05) is 0 Å². The standard InChI is InChI=1S/C10H22N2O3S/c1-9(2)15-7-6-12(3)16(13,14)10-4-5-11-8-10/h9-11H,4-8H2,1-3H3. The Bertz CT molecular complexity index is 297. The zero-order valence-corrected chi connectivity index (χ0v) is 11.1. The first kappa shape index (κ1) is 13.9. The minimum Gasteiger partial charge on any atom is -0.377 e. The van der Waals surface area contributed by atoms with E-state index in [0.717, 1.165) is 6.54 Å². The lowest BCUT2D eigenvalue weighted by Gasteiger charge is -2.21. The molecule has 1 atom stereocenters. The van der Waals surface area contributed by atoms with E-state index in [2.05, 4.69) is 5.32 Å². The summed E-state index contributed by atoms with van der Waals surface area (Å²) in [5.74, 6) is 0. The van der Waals surface area contributed by atoms with Gasteiger partial charge in [0.15, 0.2) is 0 Å². The Kier molecular flexibility index (Phi) is 5.17. The number of hydrogen-bond donors (Lipinski definition) is 1. The summed E-state index contributed by atoms with van der Waals surface area (Å²) in [6.07, 6.45) is 0.849. The molecule has 1 N–H and O–H groups in total. The smallest absolute Gasteiger partial charge is 0.218 e. The Morgan fingerprint density at radius 3 is 2.69 bits per heavy atom. The molecular weight excluding hydrogens is 228 g/mol. The maximum atomic E-state index is 12.0. The van der Waals surface area contributed by atoms with Crippen molar-refractivity contribution in [1.82, 2.24) is 9.62 Å². The van der Waals surface area contributed by atoms with Gasteiger partial charge in [0.25, 0.3) is 0 Å². The molecule has 1 aliphatic heterocycles. The second-order valence-electron chi connectivity index (χ2n) is 4.40. The molecule has 96 valence electrons. The van der Waals surface area contributed by atoms with E-state index in [4.69, 9.17) is 4.74 Å². The molecule has 0 aliphatic carbocycles. The fourth-order valence-electron chi connectivity index (χ4n) is 1.68. The van der Waals surface area contributed by atoms with Gasteiger partial charge in [-0.2, -0.15) is 0 Å². The van der Waals surface area contributed by atoms with Crippen molar-refractivity contribution in [3.8, 4) is 0 Å². The molecule has 0 aromatic carbocycles.